The summed E-state index contributed by atoms with van der Waals surface area (Å²) in [5.41, 5.74) is 1.53. The molecule has 6 amide bonds. The van der Waals surface area contributed by atoms with E-state index in [0.29, 0.717) is 18.4 Å². The fraction of sp³-hybridized carbons (Fsp3) is 0.524. The van der Waals surface area contributed by atoms with Crippen LogP contribution < -0.4 is 26.6 Å². The number of hydrogen-bond donors (Lipinski definition) is 8. The number of aliphatic carboxylic acids is 2. The molecule has 2 rings (SSSR count). The normalized spacial score (nSPS) is 14.1. The van der Waals surface area contributed by atoms with Crippen LogP contribution in [0.25, 0.3) is 0 Å². The van der Waals surface area contributed by atoms with E-state index in [0.717, 1.165) is 5.56 Å². The molecule has 0 spiro atoms. The number of carboxylic acids is 2. The Kier molecular flexibility index (Phi) is 20.0. The van der Waals surface area contributed by atoms with Gasteiger partial charge in [0.05, 0.1) is 19.3 Å². The van der Waals surface area contributed by atoms with Gasteiger partial charge in [-0.1, -0.05) is 90.4 Å². The smallest absolute Gasteiger partial charge is 0.326 e. The molecular formula is C42H60N6O11. The van der Waals surface area contributed by atoms with Crippen molar-refractivity contribution in [2.24, 2.45) is 17.8 Å². The second kappa shape index (κ2) is 24.0. The number of nitrogens with zero attached hydrogens (tertiary/aromatic N) is 1. The van der Waals surface area contributed by atoms with Crippen molar-refractivity contribution in [2.75, 3.05) is 13.6 Å². The van der Waals surface area contributed by atoms with Gasteiger partial charge < -0.3 is 46.8 Å². The number of benzene rings is 2. The summed E-state index contributed by atoms with van der Waals surface area (Å²) in [5.74, 6) is -8.74. The number of hydrogen-bond acceptors (Lipinski definition) is 9. The van der Waals surface area contributed by atoms with E-state index in [-0.39, 0.29) is 31.1 Å². The molecule has 0 aliphatic heterocycles. The first-order valence-electron chi connectivity index (χ1n) is 19.7. The van der Waals surface area contributed by atoms with E-state index < -0.39 is 102 Å². The van der Waals surface area contributed by atoms with Crippen molar-refractivity contribution in [1.29, 1.82) is 0 Å². The summed E-state index contributed by atoms with van der Waals surface area (Å²) in [4.78, 5) is 107. The molecule has 17 heteroatoms. The van der Waals surface area contributed by atoms with Gasteiger partial charge in [0.1, 0.15) is 36.0 Å². The van der Waals surface area contributed by atoms with Gasteiger partial charge in [-0.05, 0) is 53.9 Å². The quantitative estimate of drug-likeness (QED) is 0.0757. The van der Waals surface area contributed by atoms with Gasteiger partial charge in [-0.2, -0.15) is 0 Å². The summed E-state index contributed by atoms with van der Waals surface area (Å²) in [6, 6.07) is 8.11. The SMILES string of the molecule is CC[C@H](C)[C@H](NC(=O)[C@H](C(C)C)N(C)C(=O)Cc1ccc(O)cc1)C(=O)NC(CC(=O)NCCc1ccccc1)C(=O)N[C@@H](CC(=O)O)C(=O)N[C@@H](CC(C)C)C(=O)O. The van der Waals surface area contributed by atoms with Crippen molar-refractivity contribution < 1.29 is 53.7 Å². The van der Waals surface area contributed by atoms with Gasteiger partial charge >= 0.3 is 11.9 Å². The fourth-order valence-electron chi connectivity index (χ4n) is 6.28. The predicted molar refractivity (Wildman–Crippen MR) is 218 cm³/mol. The number of nitrogens with one attached hydrogen (secondary N) is 5. The van der Waals surface area contributed by atoms with E-state index in [1.165, 1.54) is 24.1 Å². The Bertz CT molecular complexity index is 1750. The molecule has 6 atom stereocenters. The van der Waals surface area contributed by atoms with Gasteiger partial charge in [0.25, 0.3) is 0 Å². The Morgan fingerprint density at radius 2 is 1.24 bits per heavy atom. The van der Waals surface area contributed by atoms with Gasteiger partial charge in [0.2, 0.25) is 35.4 Å². The zero-order chi connectivity index (χ0) is 44.4. The lowest BCUT2D eigenvalue weighted by molar-refractivity contribution is -0.144. The molecule has 0 aliphatic carbocycles. The van der Waals surface area contributed by atoms with Crippen LogP contribution in [0.3, 0.4) is 0 Å². The van der Waals surface area contributed by atoms with Crippen LogP contribution in [0.2, 0.25) is 0 Å². The molecule has 0 radical (unpaired) electrons. The molecule has 0 aliphatic rings. The van der Waals surface area contributed by atoms with Crippen molar-refractivity contribution in [2.45, 2.75) is 110 Å². The molecule has 2 aromatic rings. The number of carboxylic acid groups (broad SMARTS) is 2. The average Bonchev–Trinajstić information content (AvgIpc) is 3.16. The number of phenols is 1. The highest BCUT2D eigenvalue weighted by Crippen LogP contribution is 2.17. The topological polar surface area (TPSA) is 261 Å². The summed E-state index contributed by atoms with van der Waals surface area (Å²) >= 11 is 0. The summed E-state index contributed by atoms with van der Waals surface area (Å²) in [6.45, 7) is 10.5. The van der Waals surface area contributed by atoms with E-state index in [1.54, 1.807) is 53.7 Å². The largest absolute Gasteiger partial charge is 0.508 e. The standard InChI is InChI=1S/C42H60N6O11/c1-8-26(6)36(47-41(57)37(25(4)5)48(7)34(51)21-28-14-16-29(49)17-15-28)40(56)45-30(22-33(50)43-19-18-27-12-10-9-11-13-27)38(54)44-31(23-35(52)53)39(55)46-32(42(58)59)20-24(2)3/h9-17,24-26,30-32,36-37,49H,8,18-23H2,1-7H3,(H,43,50)(H,44,54)(H,45,56)(H,46,55)(H,47,57)(H,52,53)(H,58,59)/t26-,30?,31-,32-,36-,37-/m0/s1. The lowest BCUT2D eigenvalue weighted by atomic mass is 9.95. The van der Waals surface area contributed by atoms with Gasteiger partial charge in [0, 0.05) is 13.6 Å². The number of carbonyl (C=O) groups excluding carboxylic acids is 6. The van der Waals surface area contributed by atoms with E-state index in [1.807, 2.05) is 30.3 Å². The van der Waals surface area contributed by atoms with Crippen molar-refractivity contribution >= 4 is 47.4 Å². The lowest BCUT2D eigenvalue weighted by Gasteiger charge is -2.33. The van der Waals surface area contributed by atoms with Crippen molar-refractivity contribution in [3.63, 3.8) is 0 Å². The van der Waals surface area contributed by atoms with Gasteiger partial charge in [-0.3, -0.25) is 33.6 Å². The highest BCUT2D eigenvalue weighted by Gasteiger charge is 2.37. The van der Waals surface area contributed by atoms with E-state index >= 15 is 0 Å². The predicted octanol–water partition coefficient (Wildman–Crippen LogP) is 1.76. The average molecular weight is 825 g/mol. The van der Waals surface area contributed by atoms with E-state index in [4.69, 9.17) is 0 Å². The first-order valence-corrected chi connectivity index (χ1v) is 19.7. The summed E-state index contributed by atoms with van der Waals surface area (Å²) in [6.07, 6.45) is -0.830. The Hall–Kier alpha value is -6.00. The first-order chi connectivity index (χ1) is 27.7. The van der Waals surface area contributed by atoms with Crippen LogP contribution in [0, 0.1) is 17.8 Å². The number of likely N-dealkylation sites (N-methyl/N-ethyl adjacent to an activating group) is 1. The third-order valence-corrected chi connectivity index (χ3v) is 9.73. The maximum Gasteiger partial charge on any atom is 0.326 e. The Morgan fingerprint density at radius 1 is 0.678 bits per heavy atom. The van der Waals surface area contributed by atoms with Crippen molar-refractivity contribution in [1.82, 2.24) is 31.5 Å². The number of amides is 6. The first kappa shape index (κ1) is 49.1. The van der Waals surface area contributed by atoms with E-state index in [9.17, 15) is 53.7 Å². The Morgan fingerprint density at radius 3 is 1.76 bits per heavy atom. The van der Waals surface area contributed by atoms with Gasteiger partial charge in [-0.25, -0.2) is 4.79 Å². The maximum atomic E-state index is 14.1. The van der Waals surface area contributed by atoms with Crippen LogP contribution in [0.5, 0.6) is 5.75 Å². The van der Waals surface area contributed by atoms with Crippen molar-refractivity contribution in [3.05, 3.63) is 65.7 Å². The van der Waals surface area contributed by atoms with Crippen molar-refractivity contribution in [3.8, 4) is 5.75 Å². The highest BCUT2D eigenvalue weighted by atomic mass is 16.4. The van der Waals surface area contributed by atoms with Gasteiger partial charge in [0.15, 0.2) is 0 Å². The zero-order valence-electron chi connectivity index (χ0n) is 34.8. The third-order valence-electron chi connectivity index (χ3n) is 9.73. The van der Waals surface area contributed by atoms with Crippen LogP contribution in [0.4, 0.5) is 0 Å². The Balaban J connectivity index is 2.39. The maximum absolute atomic E-state index is 14.1. The molecule has 59 heavy (non-hydrogen) atoms. The molecule has 0 bridgehead atoms. The number of carbonyl (C=O) groups is 8. The molecule has 0 saturated carbocycles. The minimum atomic E-state index is -1.79. The molecule has 17 nitrogen and oxygen atoms in total. The van der Waals surface area contributed by atoms with Gasteiger partial charge in [-0.15, -0.1) is 0 Å². The van der Waals surface area contributed by atoms with Crippen LogP contribution in [-0.4, -0.2) is 111 Å². The summed E-state index contributed by atoms with van der Waals surface area (Å²) < 4.78 is 0. The molecule has 8 N–H and O–H groups in total. The molecule has 0 saturated heterocycles. The van der Waals surface area contributed by atoms with E-state index in [2.05, 4.69) is 26.6 Å². The minimum absolute atomic E-state index is 0.0133. The summed E-state index contributed by atoms with van der Waals surface area (Å²) in [7, 11) is 1.47. The Labute approximate surface area is 345 Å². The summed E-state index contributed by atoms with van der Waals surface area (Å²) in [5, 5.41) is 41.3. The van der Waals surface area contributed by atoms with Crippen LogP contribution >= 0.6 is 0 Å². The lowest BCUT2D eigenvalue weighted by Crippen LogP contribution is -2.61. The van der Waals surface area contributed by atoms with Crippen LogP contribution in [0.1, 0.15) is 78.4 Å². The monoisotopic (exact) mass is 824 g/mol. The molecular weight excluding hydrogens is 764 g/mol. The number of rotatable bonds is 24. The molecule has 324 valence electrons. The number of aromatic hydroxyl groups is 1. The fourth-order valence-corrected chi connectivity index (χ4v) is 6.28. The van der Waals surface area contributed by atoms with Crippen LogP contribution in [-0.2, 0) is 51.2 Å². The van der Waals surface area contributed by atoms with Crippen LogP contribution in [0.15, 0.2) is 54.6 Å². The zero-order valence-corrected chi connectivity index (χ0v) is 34.8. The number of phenolic OH excluding ortho intramolecular Hbond substituents is 1. The molecule has 2 aromatic carbocycles. The molecule has 1 unspecified atom stereocenters. The molecule has 0 heterocycles. The molecule has 0 fully saturated rings. The third kappa shape index (κ3) is 16.8. The minimum Gasteiger partial charge on any atom is -0.508 e. The second-order valence-corrected chi connectivity index (χ2v) is 15.4. The second-order valence-electron chi connectivity index (χ2n) is 15.4. The molecule has 0 aromatic heterocycles. The highest BCUT2D eigenvalue weighted by molar-refractivity contribution is 5.98.